The average Bonchev–Trinajstić information content (AvgIpc) is 2.57. The molecule has 0 aliphatic heterocycles. The largest absolute Gasteiger partial charge is 0.466 e. The van der Waals surface area contributed by atoms with E-state index in [4.69, 9.17) is 33.4 Å². The van der Waals surface area contributed by atoms with Crippen molar-refractivity contribution in [1.82, 2.24) is 0 Å². The van der Waals surface area contributed by atoms with Gasteiger partial charge in [-0.1, -0.05) is 29.3 Å². The summed E-state index contributed by atoms with van der Waals surface area (Å²) in [6, 6.07) is 6.91. The molecule has 0 saturated heterocycles. The molecule has 0 bridgehead atoms. The minimum Gasteiger partial charge on any atom is -0.466 e. The van der Waals surface area contributed by atoms with E-state index in [9.17, 15) is 0 Å². The van der Waals surface area contributed by atoms with Gasteiger partial charge in [0.25, 0.3) is 0 Å². The molecule has 17 heavy (non-hydrogen) atoms. The molecule has 2 nitrogen and oxygen atoms in total. The van der Waals surface area contributed by atoms with Crippen molar-refractivity contribution in [2.45, 2.75) is 19.9 Å². The van der Waals surface area contributed by atoms with Crippen LogP contribution in [0.5, 0.6) is 0 Å². The summed E-state index contributed by atoms with van der Waals surface area (Å²) < 4.78 is 5.47. The summed E-state index contributed by atoms with van der Waals surface area (Å²) in [7, 11) is 0. The highest BCUT2D eigenvalue weighted by Gasteiger charge is 2.19. The van der Waals surface area contributed by atoms with Crippen LogP contribution in [0, 0.1) is 13.8 Å². The first-order valence-electron chi connectivity index (χ1n) is 5.27. The molecule has 0 aliphatic rings. The summed E-state index contributed by atoms with van der Waals surface area (Å²) in [4.78, 5) is 0. The van der Waals surface area contributed by atoms with Crippen LogP contribution >= 0.6 is 23.2 Å². The smallest absolute Gasteiger partial charge is 0.106 e. The van der Waals surface area contributed by atoms with Crippen LogP contribution in [0.15, 0.2) is 28.7 Å². The van der Waals surface area contributed by atoms with Crippen LogP contribution in [0.1, 0.15) is 28.7 Å². The van der Waals surface area contributed by atoms with Crippen molar-refractivity contribution in [1.29, 1.82) is 0 Å². The summed E-state index contributed by atoms with van der Waals surface area (Å²) in [6.07, 6.45) is 0. The molecule has 2 rings (SSSR count). The molecule has 1 atom stereocenters. The topological polar surface area (TPSA) is 39.2 Å². The van der Waals surface area contributed by atoms with E-state index in [1.54, 1.807) is 18.2 Å². The lowest BCUT2D eigenvalue weighted by Crippen LogP contribution is -2.13. The lowest BCUT2D eigenvalue weighted by Gasteiger charge is -2.14. The third-order valence-corrected chi connectivity index (χ3v) is 3.38. The molecule has 1 aromatic heterocycles. The highest BCUT2D eigenvalue weighted by Crippen LogP contribution is 2.34. The van der Waals surface area contributed by atoms with E-state index in [1.165, 1.54) is 0 Å². The van der Waals surface area contributed by atoms with Crippen LogP contribution in [0.4, 0.5) is 0 Å². The molecule has 4 heteroatoms. The molecule has 0 fully saturated rings. The van der Waals surface area contributed by atoms with Crippen LogP contribution in [0.25, 0.3) is 0 Å². The van der Waals surface area contributed by atoms with E-state index in [0.29, 0.717) is 10.0 Å². The Morgan fingerprint density at radius 3 is 2.24 bits per heavy atom. The van der Waals surface area contributed by atoms with E-state index in [2.05, 4.69) is 0 Å². The fraction of sp³-hybridized carbons (Fsp3) is 0.231. The molecule has 0 amide bonds. The summed E-state index contributed by atoms with van der Waals surface area (Å²) in [5, 5.41) is 1.14. The minimum absolute atomic E-state index is 0.367. The van der Waals surface area contributed by atoms with Crippen LogP contribution in [-0.4, -0.2) is 0 Å². The Morgan fingerprint density at radius 1 is 1.18 bits per heavy atom. The number of furan rings is 1. The van der Waals surface area contributed by atoms with Gasteiger partial charge < -0.3 is 10.2 Å². The number of rotatable bonds is 2. The molecule has 0 saturated carbocycles. The predicted octanol–water partition coefficient (Wildman–Crippen LogP) is 4.25. The quantitative estimate of drug-likeness (QED) is 0.885. The number of halogens is 2. The Bertz CT molecular complexity index is 528. The number of benzene rings is 1. The highest BCUT2D eigenvalue weighted by atomic mass is 35.5. The maximum Gasteiger partial charge on any atom is 0.106 e. The van der Waals surface area contributed by atoms with Gasteiger partial charge in [0.1, 0.15) is 11.5 Å². The van der Waals surface area contributed by atoms with E-state index in [0.717, 1.165) is 22.6 Å². The van der Waals surface area contributed by atoms with Gasteiger partial charge in [-0.2, -0.15) is 0 Å². The third-order valence-electron chi connectivity index (χ3n) is 2.73. The predicted molar refractivity (Wildman–Crippen MR) is 70.7 cm³/mol. The standard InChI is InChI=1S/C13H13Cl2NO/c1-7-6-9(8(2)17-7)13(16)12-10(14)4-3-5-11(12)15/h3-6,13H,16H2,1-2H3. The number of hydrogen-bond acceptors (Lipinski definition) is 2. The van der Waals surface area contributed by atoms with E-state index in [1.807, 2.05) is 19.9 Å². The van der Waals surface area contributed by atoms with Crippen molar-refractivity contribution in [2.75, 3.05) is 0 Å². The number of hydrogen-bond donors (Lipinski definition) is 1. The van der Waals surface area contributed by atoms with Crippen molar-refractivity contribution in [3.8, 4) is 0 Å². The molecule has 1 aromatic carbocycles. The van der Waals surface area contributed by atoms with Crippen molar-refractivity contribution in [3.63, 3.8) is 0 Å². The molecule has 0 spiro atoms. The third kappa shape index (κ3) is 2.34. The number of nitrogens with two attached hydrogens (primary N) is 1. The summed E-state index contributed by atoms with van der Waals surface area (Å²) in [5.41, 5.74) is 7.85. The normalized spacial score (nSPS) is 12.8. The zero-order chi connectivity index (χ0) is 12.6. The molecular formula is C13H13Cl2NO. The van der Waals surface area contributed by atoms with Gasteiger partial charge in [0.15, 0.2) is 0 Å². The fourth-order valence-electron chi connectivity index (χ4n) is 1.92. The van der Waals surface area contributed by atoms with Gasteiger partial charge >= 0.3 is 0 Å². The Hall–Kier alpha value is -0.960. The van der Waals surface area contributed by atoms with Crippen LogP contribution in [0.3, 0.4) is 0 Å². The monoisotopic (exact) mass is 269 g/mol. The molecule has 90 valence electrons. The first kappa shape index (κ1) is 12.5. The van der Waals surface area contributed by atoms with Gasteiger partial charge in [-0.25, -0.2) is 0 Å². The van der Waals surface area contributed by atoms with Crippen molar-refractivity contribution in [2.24, 2.45) is 5.73 Å². The van der Waals surface area contributed by atoms with Gasteiger partial charge in [-0.3, -0.25) is 0 Å². The Labute approximate surface area is 110 Å². The van der Waals surface area contributed by atoms with E-state index in [-0.39, 0.29) is 6.04 Å². The van der Waals surface area contributed by atoms with Crippen molar-refractivity contribution < 1.29 is 4.42 Å². The van der Waals surface area contributed by atoms with Gasteiger partial charge in [-0.15, -0.1) is 0 Å². The molecule has 2 aromatic rings. The first-order chi connectivity index (χ1) is 8.00. The Kier molecular flexibility index (Phi) is 3.48. The molecular weight excluding hydrogens is 257 g/mol. The second-order valence-electron chi connectivity index (χ2n) is 3.98. The van der Waals surface area contributed by atoms with Crippen LogP contribution < -0.4 is 5.73 Å². The van der Waals surface area contributed by atoms with Gasteiger partial charge in [-0.05, 0) is 32.0 Å². The Morgan fingerprint density at radius 2 is 1.76 bits per heavy atom. The zero-order valence-corrected chi connectivity index (χ0v) is 11.1. The summed E-state index contributed by atoms with van der Waals surface area (Å²) in [6.45, 7) is 3.77. The Balaban J connectivity index is 2.51. The molecule has 1 heterocycles. The van der Waals surface area contributed by atoms with Gasteiger partial charge in [0.05, 0.1) is 6.04 Å². The lowest BCUT2D eigenvalue weighted by molar-refractivity contribution is 0.499. The molecule has 1 unspecified atom stereocenters. The minimum atomic E-state index is -0.367. The van der Waals surface area contributed by atoms with Crippen LogP contribution in [0.2, 0.25) is 10.0 Å². The van der Waals surface area contributed by atoms with Crippen LogP contribution in [-0.2, 0) is 0 Å². The second-order valence-corrected chi connectivity index (χ2v) is 4.80. The summed E-state index contributed by atoms with van der Waals surface area (Å²) >= 11 is 12.3. The maximum atomic E-state index is 6.20. The average molecular weight is 270 g/mol. The van der Waals surface area contributed by atoms with Gasteiger partial charge in [0, 0.05) is 21.2 Å². The summed E-state index contributed by atoms with van der Waals surface area (Å²) in [5.74, 6) is 1.63. The number of aryl methyl sites for hydroxylation is 2. The molecule has 0 aliphatic carbocycles. The van der Waals surface area contributed by atoms with E-state index < -0.39 is 0 Å². The van der Waals surface area contributed by atoms with Crippen molar-refractivity contribution in [3.05, 3.63) is 57.0 Å². The molecule has 2 N–H and O–H groups in total. The second kappa shape index (κ2) is 4.73. The SMILES string of the molecule is Cc1cc(C(N)c2c(Cl)cccc2Cl)c(C)o1. The first-order valence-corrected chi connectivity index (χ1v) is 6.02. The maximum absolute atomic E-state index is 6.20. The van der Waals surface area contributed by atoms with Crippen molar-refractivity contribution >= 4 is 23.2 Å². The lowest BCUT2D eigenvalue weighted by atomic mass is 10.00. The van der Waals surface area contributed by atoms with E-state index >= 15 is 0 Å². The molecule has 0 radical (unpaired) electrons. The fourth-order valence-corrected chi connectivity index (χ4v) is 2.56. The zero-order valence-electron chi connectivity index (χ0n) is 9.63. The van der Waals surface area contributed by atoms with Gasteiger partial charge in [0.2, 0.25) is 0 Å². The highest BCUT2D eigenvalue weighted by molar-refractivity contribution is 6.36.